The number of anilines is 1. The van der Waals surface area contributed by atoms with Crippen molar-refractivity contribution in [3.63, 3.8) is 0 Å². The molecule has 102 valence electrons. The standard InChI is InChI=1S/C15H17N5/c1-4-16-14-12-7-5-6-8-13(12)17-15(18-14)20-11(3)9-10(2)19-20/h5-9H,4H2,1-3H3,(H,16,17,18). The molecule has 1 aromatic carbocycles. The number of hydrogen-bond donors (Lipinski definition) is 1. The number of benzene rings is 1. The summed E-state index contributed by atoms with van der Waals surface area (Å²) >= 11 is 0. The number of rotatable bonds is 3. The number of aromatic nitrogens is 4. The van der Waals surface area contributed by atoms with E-state index in [9.17, 15) is 0 Å². The molecule has 0 saturated carbocycles. The van der Waals surface area contributed by atoms with Gasteiger partial charge in [-0.05, 0) is 39.0 Å². The SMILES string of the molecule is CCNc1nc(-n2nc(C)cc2C)nc2ccccc12. The van der Waals surface area contributed by atoms with E-state index in [1.54, 1.807) is 4.68 Å². The van der Waals surface area contributed by atoms with Gasteiger partial charge >= 0.3 is 0 Å². The number of aryl methyl sites for hydroxylation is 2. The van der Waals surface area contributed by atoms with E-state index in [0.29, 0.717) is 5.95 Å². The number of para-hydroxylation sites is 1. The summed E-state index contributed by atoms with van der Waals surface area (Å²) in [6, 6.07) is 10.0. The minimum Gasteiger partial charge on any atom is -0.370 e. The van der Waals surface area contributed by atoms with Crippen LogP contribution in [0.2, 0.25) is 0 Å². The molecule has 0 fully saturated rings. The third-order valence-corrected chi connectivity index (χ3v) is 3.13. The van der Waals surface area contributed by atoms with E-state index in [2.05, 4.69) is 27.3 Å². The highest BCUT2D eigenvalue weighted by molar-refractivity contribution is 5.89. The van der Waals surface area contributed by atoms with E-state index >= 15 is 0 Å². The fourth-order valence-corrected chi connectivity index (χ4v) is 2.29. The van der Waals surface area contributed by atoms with Crippen LogP contribution in [-0.4, -0.2) is 26.3 Å². The molecule has 1 N–H and O–H groups in total. The Morgan fingerprint density at radius 1 is 1.15 bits per heavy atom. The molecule has 5 heteroatoms. The zero-order valence-corrected chi connectivity index (χ0v) is 11.9. The van der Waals surface area contributed by atoms with Gasteiger partial charge in [0.05, 0.1) is 11.2 Å². The molecule has 0 radical (unpaired) electrons. The Hall–Kier alpha value is -2.43. The molecule has 0 amide bonds. The van der Waals surface area contributed by atoms with Crippen LogP contribution in [0, 0.1) is 13.8 Å². The molecule has 0 unspecified atom stereocenters. The zero-order chi connectivity index (χ0) is 14.1. The van der Waals surface area contributed by atoms with E-state index in [-0.39, 0.29) is 0 Å². The van der Waals surface area contributed by atoms with Crippen molar-refractivity contribution in [3.05, 3.63) is 41.7 Å². The maximum Gasteiger partial charge on any atom is 0.253 e. The van der Waals surface area contributed by atoms with Gasteiger partial charge in [-0.2, -0.15) is 10.1 Å². The Balaban J connectivity index is 2.24. The lowest BCUT2D eigenvalue weighted by Crippen LogP contribution is -2.09. The van der Waals surface area contributed by atoms with Crippen molar-refractivity contribution in [2.24, 2.45) is 0 Å². The minimum absolute atomic E-state index is 0.602. The molecular formula is C15H17N5. The second-order valence-electron chi connectivity index (χ2n) is 4.76. The molecular weight excluding hydrogens is 250 g/mol. The molecule has 3 rings (SSSR count). The Labute approximate surface area is 117 Å². The van der Waals surface area contributed by atoms with Crippen molar-refractivity contribution < 1.29 is 0 Å². The van der Waals surface area contributed by atoms with Gasteiger partial charge in [0.15, 0.2) is 0 Å². The second-order valence-corrected chi connectivity index (χ2v) is 4.76. The molecule has 0 spiro atoms. The topological polar surface area (TPSA) is 55.6 Å². The lowest BCUT2D eigenvalue weighted by atomic mass is 10.2. The van der Waals surface area contributed by atoms with Gasteiger partial charge in [0.2, 0.25) is 0 Å². The average molecular weight is 267 g/mol. The first-order chi connectivity index (χ1) is 9.69. The molecule has 0 bridgehead atoms. The van der Waals surface area contributed by atoms with Crippen LogP contribution < -0.4 is 5.32 Å². The highest BCUT2D eigenvalue weighted by Gasteiger charge is 2.11. The minimum atomic E-state index is 0.602. The Bertz CT molecular complexity index is 760. The quantitative estimate of drug-likeness (QED) is 0.792. The highest BCUT2D eigenvalue weighted by Crippen LogP contribution is 2.21. The summed E-state index contributed by atoms with van der Waals surface area (Å²) in [5.74, 6) is 1.45. The van der Waals surface area contributed by atoms with Crippen LogP contribution in [0.25, 0.3) is 16.9 Å². The van der Waals surface area contributed by atoms with Crippen LogP contribution in [0.3, 0.4) is 0 Å². The molecule has 2 aromatic heterocycles. The van der Waals surface area contributed by atoms with Crippen LogP contribution in [0.15, 0.2) is 30.3 Å². The summed E-state index contributed by atoms with van der Waals surface area (Å²) in [5, 5.41) is 8.77. The van der Waals surface area contributed by atoms with Gasteiger partial charge in [-0.3, -0.25) is 0 Å². The largest absolute Gasteiger partial charge is 0.370 e. The summed E-state index contributed by atoms with van der Waals surface area (Å²) < 4.78 is 1.78. The monoisotopic (exact) mass is 267 g/mol. The van der Waals surface area contributed by atoms with Gasteiger partial charge < -0.3 is 5.32 Å². The smallest absolute Gasteiger partial charge is 0.253 e. The van der Waals surface area contributed by atoms with E-state index in [1.165, 1.54) is 0 Å². The van der Waals surface area contributed by atoms with E-state index in [1.807, 2.05) is 44.2 Å². The van der Waals surface area contributed by atoms with Gasteiger partial charge in [0.1, 0.15) is 5.82 Å². The summed E-state index contributed by atoms with van der Waals surface area (Å²) in [5.41, 5.74) is 2.91. The molecule has 5 nitrogen and oxygen atoms in total. The summed E-state index contributed by atoms with van der Waals surface area (Å²) in [7, 11) is 0. The van der Waals surface area contributed by atoms with Crippen molar-refractivity contribution in [2.45, 2.75) is 20.8 Å². The molecule has 3 aromatic rings. The fourth-order valence-electron chi connectivity index (χ4n) is 2.29. The zero-order valence-electron chi connectivity index (χ0n) is 11.9. The fraction of sp³-hybridized carbons (Fsp3) is 0.267. The van der Waals surface area contributed by atoms with Crippen molar-refractivity contribution >= 4 is 16.7 Å². The number of nitrogens with zero attached hydrogens (tertiary/aromatic N) is 4. The molecule has 0 aliphatic rings. The van der Waals surface area contributed by atoms with Crippen LogP contribution in [-0.2, 0) is 0 Å². The van der Waals surface area contributed by atoms with Gasteiger partial charge in [0, 0.05) is 17.6 Å². The van der Waals surface area contributed by atoms with Crippen LogP contribution in [0.4, 0.5) is 5.82 Å². The third-order valence-electron chi connectivity index (χ3n) is 3.13. The number of fused-ring (bicyclic) bond motifs is 1. The number of nitrogens with one attached hydrogen (secondary N) is 1. The second kappa shape index (κ2) is 4.92. The lowest BCUT2D eigenvalue weighted by Gasteiger charge is -2.10. The van der Waals surface area contributed by atoms with Gasteiger partial charge in [-0.15, -0.1) is 0 Å². The Morgan fingerprint density at radius 3 is 2.65 bits per heavy atom. The van der Waals surface area contributed by atoms with E-state index in [4.69, 9.17) is 0 Å². The lowest BCUT2D eigenvalue weighted by molar-refractivity contribution is 0.780. The van der Waals surface area contributed by atoms with Crippen molar-refractivity contribution in [1.29, 1.82) is 0 Å². The van der Waals surface area contributed by atoms with Crippen LogP contribution in [0.5, 0.6) is 0 Å². The third kappa shape index (κ3) is 2.11. The van der Waals surface area contributed by atoms with Crippen molar-refractivity contribution in [3.8, 4) is 5.95 Å². The van der Waals surface area contributed by atoms with Gasteiger partial charge in [0.25, 0.3) is 5.95 Å². The first kappa shape index (κ1) is 12.6. The first-order valence-electron chi connectivity index (χ1n) is 6.73. The summed E-state index contributed by atoms with van der Waals surface area (Å²) in [4.78, 5) is 9.23. The Morgan fingerprint density at radius 2 is 1.95 bits per heavy atom. The first-order valence-corrected chi connectivity index (χ1v) is 6.73. The van der Waals surface area contributed by atoms with Gasteiger partial charge in [-0.25, -0.2) is 9.67 Å². The normalized spacial score (nSPS) is 10.9. The highest BCUT2D eigenvalue weighted by atomic mass is 15.4. The summed E-state index contributed by atoms with van der Waals surface area (Å²) in [6.07, 6.45) is 0. The molecule has 2 heterocycles. The van der Waals surface area contributed by atoms with Crippen LogP contribution in [0.1, 0.15) is 18.3 Å². The molecule has 0 aliphatic heterocycles. The summed E-state index contributed by atoms with van der Waals surface area (Å²) in [6.45, 7) is 6.85. The molecule has 20 heavy (non-hydrogen) atoms. The van der Waals surface area contributed by atoms with Crippen molar-refractivity contribution in [2.75, 3.05) is 11.9 Å². The molecule has 0 atom stereocenters. The number of hydrogen-bond acceptors (Lipinski definition) is 4. The predicted molar refractivity (Wildman–Crippen MR) is 80.3 cm³/mol. The van der Waals surface area contributed by atoms with Crippen LogP contribution >= 0.6 is 0 Å². The maximum absolute atomic E-state index is 4.61. The molecule has 0 aliphatic carbocycles. The predicted octanol–water partition coefficient (Wildman–Crippen LogP) is 2.86. The van der Waals surface area contributed by atoms with Crippen molar-refractivity contribution in [1.82, 2.24) is 19.7 Å². The van der Waals surface area contributed by atoms with E-state index in [0.717, 1.165) is 34.7 Å². The average Bonchev–Trinajstić information content (AvgIpc) is 2.78. The van der Waals surface area contributed by atoms with E-state index < -0.39 is 0 Å². The maximum atomic E-state index is 4.61. The Kier molecular flexibility index (Phi) is 3.10. The molecule has 0 saturated heterocycles. The van der Waals surface area contributed by atoms with Gasteiger partial charge in [-0.1, -0.05) is 12.1 Å².